The molecule has 2 atom stereocenters. The molecule has 2 unspecified atom stereocenters. The molecular formula is C12H16BrF. The zero-order chi connectivity index (χ0) is 10.6. The first-order valence-electron chi connectivity index (χ1n) is 5.02. The molecule has 1 rings (SSSR count). The molecule has 1 aromatic rings. The molecule has 0 aliphatic rings. The summed E-state index contributed by atoms with van der Waals surface area (Å²) in [6.45, 7) is 4.34. The van der Waals surface area contributed by atoms with E-state index in [0.717, 1.165) is 18.4 Å². The van der Waals surface area contributed by atoms with Crippen LogP contribution < -0.4 is 0 Å². The molecule has 0 nitrogen and oxygen atoms in total. The lowest BCUT2D eigenvalue weighted by molar-refractivity contribution is 0.542. The molecule has 78 valence electrons. The van der Waals surface area contributed by atoms with E-state index in [9.17, 15) is 4.39 Å². The van der Waals surface area contributed by atoms with Gasteiger partial charge in [-0.3, -0.25) is 0 Å². The van der Waals surface area contributed by atoms with Crippen molar-refractivity contribution >= 4 is 15.9 Å². The number of halogens is 2. The maximum atomic E-state index is 12.9. The van der Waals surface area contributed by atoms with Crippen LogP contribution in [0.2, 0.25) is 0 Å². The molecule has 0 aliphatic heterocycles. The average molecular weight is 259 g/mol. The van der Waals surface area contributed by atoms with Gasteiger partial charge in [-0.05, 0) is 36.5 Å². The molecule has 0 spiro atoms. The summed E-state index contributed by atoms with van der Waals surface area (Å²) in [5.41, 5.74) is 1.08. The molecule has 14 heavy (non-hydrogen) atoms. The van der Waals surface area contributed by atoms with E-state index in [4.69, 9.17) is 0 Å². The van der Waals surface area contributed by atoms with Crippen molar-refractivity contribution in [1.29, 1.82) is 0 Å². The molecule has 0 aromatic heterocycles. The predicted octanol–water partition coefficient (Wildman–Crippen LogP) is 4.18. The van der Waals surface area contributed by atoms with Crippen LogP contribution in [-0.2, 0) is 6.42 Å². The van der Waals surface area contributed by atoms with Gasteiger partial charge in [0.15, 0.2) is 0 Å². The van der Waals surface area contributed by atoms with E-state index < -0.39 is 0 Å². The second-order valence-electron chi connectivity index (χ2n) is 3.74. The van der Waals surface area contributed by atoms with E-state index in [0.29, 0.717) is 10.7 Å². The van der Waals surface area contributed by atoms with Gasteiger partial charge in [0.05, 0.1) is 0 Å². The van der Waals surface area contributed by atoms with Gasteiger partial charge >= 0.3 is 0 Å². The SMILES string of the molecule is CCC(Br)C(C)Cc1cccc(F)c1. The summed E-state index contributed by atoms with van der Waals surface area (Å²) in [5.74, 6) is 0.402. The summed E-state index contributed by atoms with van der Waals surface area (Å²) >= 11 is 3.62. The third-order valence-corrected chi connectivity index (χ3v) is 4.00. The van der Waals surface area contributed by atoms with Crippen LogP contribution in [0, 0.1) is 11.7 Å². The number of benzene rings is 1. The smallest absolute Gasteiger partial charge is 0.123 e. The number of hydrogen-bond donors (Lipinski definition) is 0. The lowest BCUT2D eigenvalue weighted by Crippen LogP contribution is -2.12. The molecule has 0 fully saturated rings. The zero-order valence-corrected chi connectivity index (χ0v) is 10.2. The Bertz CT molecular complexity index is 285. The first kappa shape index (κ1) is 11.7. The second kappa shape index (κ2) is 5.50. The minimum atomic E-state index is -0.141. The Morgan fingerprint density at radius 2 is 2.14 bits per heavy atom. The fraction of sp³-hybridized carbons (Fsp3) is 0.500. The van der Waals surface area contributed by atoms with Crippen molar-refractivity contribution in [2.24, 2.45) is 5.92 Å². The molecule has 0 saturated heterocycles. The van der Waals surface area contributed by atoms with Crippen molar-refractivity contribution in [2.45, 2.75) is 31.5 Å². The van der Waals surface area contributed by atoms with Crippen molar-refractivity contribution < 1.29 is 4.39 Å². The van der Waals surface area contributed by atoms with Crippen LogP contribution in [0.25, 0.3) is 0 Å². The van der Waals surface area contributed by atoms with Crippen LogP contribution in [0.1, 0.15) is 25.8 Å². The van der Waals surface area contributed by atoms with Gasteiger partial charge in [0.2, 0.25) is 0 Å². The van der Waals surface area contributed by atoms with E-state index >= 15 is 0 Å². The van der Waals surface area contributed by atoms with E-state index in [2.05, 4.69) is 29.8 Å². The van der Waals surface area contributed by atoms with E-state index in [1.54, 1.807) is 12.1 Å². The molecule has 1 aromatic carbocycles. The molecule has 0 aliphatic carbocycles. The first-order valence-corrected chi connectivity index (χ1v) is 5.93. The third-order valence-electron chi connectivity index (χ3n) is 2.45. The van der Waals surface area contributed by atoms with Crippen LogP contribution in [-0.4, -0.2) is 4.83 Å². The van der Waals surface area contributed by atoms with Crippen LogP contribution in [0.3, 0.4) is 0 Å². The minimum absolute atomic E-state index is 0.141. The second-order valence-corrected chi connectivity index (χ2v) is 4.91. The Morgan fingerprint density at radius 3 is 2.71 bits per heavy atom. The Hall–Kier alpha value is -0.370. The zero-order valence-electron chi connectivity index (χ0n) is 8.63. The number of hydrogen-bond acceptors (Lipinski definition) is 0. The lowest BCUT2D eigenvalue weighted by Gasteiger charge is -2.16. The van der Waals surface area contributed by atoms with Crippen LogP contribution in [0.5, 0.6) is 0 Å². The monoisotopic (exact) mass is 258 g/mol. The normalized spacial score (nSPS) is 15.1. The quantitative estimate of drug-likeness (QED) is 0.711. The fourth-order valence-corrected chi connectivity index (χ4v) is 1.75. The Morgan fingerprint density at radius 1 is 1.43 bits per heavy atom. The maximum Gasteiger partial charge on any atom is 0.123 e. The summed E-state index contributed by atoms with van der Waals surface area (Å²) < 4.78 is 12.9. The number of alkyl halides is 1. The molecule has 0 saturated carbocycles. The van der Waals surface area contributed by atoms with E-state index in [-0.39, 0.29) is 5.82 Å². The lowest BCUT2D eigenvalue weighted by atomic mass is 9.97. The molecular weight excluding hydrogens is 243 g/mol. The van der Waals surface area contributed by atoms with Gasteiger partial charge < -0.3 is 0 Å². The molecule has 0 N–H and O–H groups in total. The molecule has 0 amide bonds. The first-order chi connectivity index (χ1) is 6.63. The van der Waals surface area contributed by atoms with Gasteiger partial charge in [-0.25, -0.2) is 4.39 Å². The van der Waals surface area contributed by atoms with E-state index in [1.165, 1.54) is 6.07 Å². The van der Waals surface area contributed by atoms with Crippen molar-refractivity contribution in [1.82, 2.24) is 0 Å². The minimum Gasteiger partial charge on any atom is -0.207 e. The van der Waals surface area contributed by atoms with Gasteiger partial charge in [0, 0.05) is 4.83 Å². The van der Waals surface area contributed by atoms with Gasteiger partial charge in [0.25, 0.3) is 0 Å². The highest BCUT2D eigenvalue weighted by Gasteiger charge is 2.12. The standard InChI is InChI=1S/C12H16BrF/c1-3-12(13)9(2)7-10-5-4-6-11(14)8-10/h4-6,8-9,12H,3,7H2,1-2H3. The third kappa shape index (κ3) is 3.41. The highest BCUT2D eigenvalue weighted by Crippen LogP contribution is 2.20. The molecule has 0 radical (unpaired) electrons. The summed E-state index contributed by atoms with van der Waals surface area (Å²) in [6.07, 6.45) is 2.04. The highest BCUT2D eigenvalue weighted by molar-refractivity contribution is 9.09. The van der Waals surface area contributed by atoms with Crippen LogP contribution >= 0.6 is 15.9 Å². The van der Waals surface area contributed by atoms with Crippen LogP contribution in [0.4, 0.5) is 4.39 Å². The Labute approximate surface area is 93.7 Å². The largest absolute Gasteiger partial charge is 0.207 e. The van der Waals surface area contributed by atoms with Crippen LogP contribution in [0.15, 0.2) is 24.3 Å². The van der Waals surface area contributed by atoms with Crippen molar-refractivity contribution in [3.05, 3.63) is 35.6 Å². The maximum absolute atomic E-state index is 12.9. The molecule has 2 heteroatoms. The summed E-state index contributed by atoms with van der Waals surface area (Å²) in [4.78, 5) is 0.519. The summed E-state index contributed by atoms with van der Waals surface area (Å²) in [7, 11) is 0. The predicted molar refractivity (Wildman–Crippen MR) is 62.3 cm³/mol. The number of rotatable bonds is 4. The van der Waals surface area contributed by atoms with Gasteiger partial charge in [0.1, 0.15) is 5.82 Å². The fourth-order valence-electron chi connectivity index (χ4n) is 1.57. The molecule has 0 bridgehead atoms. The average Bonchev–Trinajstić information content (AvgIpc) is 2.16. The van der Waals surface area contributed by atoms with Crippen molar-refractivity contribution in [3.8, 4) is 0 Å². The topological polar surface area (TPSA) is 0 Å². The van der Waals surface area contributed by atoms with Crippen molar-refractivity contribution in [3.63, 3.8) is 0 Å². The van der Waals surface area contributed by atoms with Gasteiger partial charge in [-0.1, -0.05) is 41.9 Å². The van der Waals surface area contributed by atoms with Crippen molar-refractivity contribution in [2.75, 3.05) is 0 Å². The van der Waals surface area contributed by atoms with E-state index in [1.807, 2.05) is 6.07 Å². The summed E-state index contributed by atoms with van der Waals surface area (Å²) in [5, 5.41) is 0. The van der Waals surface area contributed by atoms with Gasteiger partial charge in [-0.2, -0.15) is 0 Å². The van der Waals surface area contributed by atoms with Gasteiger partial charge in [-0.15, -0.1) is 0 Å². The highest BCUT2D eigenvalue weighted by atomic mass is 79.9. The molecule has 0 heterocycles. The Balaban J connectivity index is 2.60. The Kier molecular flexibility index (Phi) is 4.59. The summed E-state index contributed by atoms with van der Waals surface area (Å²) in [6, 6.07) is 6.85.